The van der Waals surface area contributed by atoms with Gasteiger partial charge in [-0.25, -0.2) is 0 Å². The van der Waals surface area contributed by atoms with E-state index in [2.05, 4.69) is 16.9 Å². The Hall–Kier alpha value is -2.49. The summed E-state index contributed by atoms with van der Waals surface area (Å²) < 4.78 is 11.7. The maximum Gasteiger partial charge on any atom is 0.145 e. The van der Waals surface area contributed by atoms with Crippen LogP contribution in [0.4, 0.5) is 0 Å². The van der Waals surface area contributed by atoms with Crippen LogP contribution in [0.5, 0.6) is 5.75 Å². The Morgan fingerprint density at radius 2 is 2.00 bits per heavy atom. The number of hydrogen-bond acceptors (Lipinski definition) is 3. The number of amidine groups is 1. The van der Waals surface area contributed by atoms with Gasteiger partial charge in [-0.15, -0.1) is 0 Å². The summed E-state index contributed by atoms with van der Waals surface area (Å²) >= 11 is 0. The maximum atomic E-state index is 5.88. The van der Waals surface area contributed by atoms with E-state index >= 15 is 0 Å². The van der Waals surface area contributed by atoms with E-state index in [1.165, 1.54) is 0 Å². The van der Waals surface area contributed by atoms with Gasteiger partial charge in [0.05, 0.1) is 0 Å². The summed E-state index contributed by atoms with van der Waals surface area (Å²) in [6, 6.07) is 9.68. The summed E-state index contributed by atoms with van der Waals surface area (Å²) in [5, 5.41) is 3.17. The van der Waals surface area contributed by atoms with Gasteiger partial charge in [0.25, 0.3) is 0 Å². The van der Waals surface area contributed by atoms with E-state index < -0.39 is 0 Å². The van der Waals surface area contributed by atoms with Crippen LogP contribution in [0.15, 0.2) is 71.5 Å². The Morgan fingerprint density at radius 3 is 2.57 bits per heavy atom. The molecule has 23 heavy (non-hydrogen) atoms. The molecular formula is C19H26N2O2. The molecule has 124 valence electrons. The minimum absolute atomic E-state index is 0.382. The Labute approximate surface area is 139 Å². The minimum Gasteiger partial charge on any atom is -0.489 e. The van der Waals surface area contributed by atoms with Crippen molar-refractivity contribution in [3.63, 3.8) is 0 Å². The van der Waals surface area contributed by atoms with Crippen molar-refractivity contribution in [2.75, 3.05) is 26.8 Å². The van der Waals surface area contributed by atoms with Gasteiger partial charge in [-0.1, -0.05) is 36.9 Å². The van der Waals surface area contributed by atoms with Gasteiger partial charge in [0.15, 0.2) is 0 Å². The number of para-hydroxylation sites is 1. The van der Waals surface area contributed by atoms with Crippen molar-refractivity contribution in [1.29, 1.82) is 0 Å². The third kappa shape index (κ3) is 6.87. The topological polar surface area (TPSA) is 42.9 Å². The zero-order chi connectivity index (χ0) is 16.9. The lowest BCUT2D eigenvalue weighted by Crippen LogP contribution is -2.27. The normalized spacial score (nSPS) is 12.7. The fourth-order valence-electron chi connectivity index (χ4n) is 1.85. The van der Waals surface area contributed by atoms with E-state index in [1.807, 2.05) is 56.3 Å². The molecule has 4 nitrogen and oxygen atoms in total. The molecule has 1 N–H and O–H groups in total. The zero-order valence-electron chi connectivity index (χ0n) is 14.2. The highest BCUT2D eigenvalue weighted by Gasteiger charge is 2.06. The van der Waals surface area contributed by atoms with Crippen molar-refractivity contribution in [2.45, 2.75) is 13.8 Å². The Bertz CT molecular complexity index is 560. The predicted octanol–water partition coefficient (Wildman–Crippen LogP) is 3.74. The van der Waals surface area contributed by atoms with Crippen LogP contribution in [0.3, 0.4) is 0 Å². The highest BCUT2D eigenvalue weighted by Crippen LogP contribution is 2.14. The number of nitrogens with one attached hydrogen (secondary N) is 1. The molecule has 4 heteroatoms. The second kappa shape index (κ2) is 11.1. The van der Waals surface area contributed by atoms with Crippen LogP contribution in [0.25, 0.3) is 0 Å². The minimum atomic E-state index is 0.382. The van der Waals surface area contributed by atoms with Gasteiger partial charge in [-0.3, -0.25) is 4.99 Å². The molecule has 1 aromatic rings. The number of allylic oxidation sites excluding steroid dienone is 2. The molecule has 0 amide bonds. The summed E-state index contributed by atoms with van der Waals surface area (Å²) in [6.07, 6.45) is 5.59. The number of benzene rings is 1. The fraction of sp³-hybridized carbons (Fsp3) is 0.316. The molecular weight excluding hydrogens is 288 g/mol. The summed E-state index contributed by atoms with van der Waals surface area (Å²) in [7, 11) is 1.74. The summed E-state index contributed by atoms with van der Waals surface area (Å²) in [5.74, 6) is 2.36. The van der Waals surface area contributed by atoms with Gasteiger partial charge < -0.3 is 14.8 Å². The molecule has 0 unspecified atom stereocenters. The summed E-state index contributed by atoms with van der Waals surface area (Å²) in [5.41, 5.74) is 0.888. The second-order valence-electron chi connectivity index (χ2n) is 4.68. The van der Waals surface area contributed by atoms with Crippen LogP contribution < -0.4 is 10.1 Å². The molecule has 0 saturated carbocycles. The van der Waals surface area contributed by atoms with Gasteiger partial charge in [0, 0.05) is 19.2 Å². The number of aliphatic imine (C=N–C) groups is 1. The molecule has 0 saturated heterocycles. The van der Waals surface area contributed by atoms with Crippen molar-refractivity contribution in [2.24, 2.45) is 4.99 Å². The average molecular weight is 314 g/mol. The Balaban J connectivity index is 2.79. The van der Waals surface area contributed by atoms with Crippen LogP contribution >= 0.6 is 0 Å². The lowest BCUT2D eigenvalue weighted by Gasteiger charge is -2.14. The SMILES string of the molecule is C=C/C(COc1ccccc1)=C(\C=C/C)OCC(=NC)NCC. The molecule has 0 spiro atoms. The quantitative estimate of drug-likeness (QED) is 0.327. The molecule has 1 aromatic carbocycles. The van der Waals surface area contributed by atoms with Crippen LogP contribution in [0, 0.1) is 0 Å². The molecule has 0 aromatic heterocycles. The van der Waals surface area contributed by atoms with Crippen LogP contribution in [-0.4, -0.2) is 32.6 Å². The van der Waals surface area contributed by atoms with E-state index in [1.54, 1.807) is 13.1 Å². The smallest absolute Gasteiger partial charge is 0.145 e. The van der Waals surface area contributed by atoms with Crippen molar-refractivity contribution in [3.8, 4) is 5.75 Å². The van der Waals surface area contributed by atoms with Crippen LogP contribution in [-0.2, 0) is 4.74 Å². The number of nitrogens with zero attached hydrogens (tertiary/aromatic N) is 1. The largest absolute Gasteiger partial charge is 0.489 e. The van der Waals surface area contributed by atoms with E-state index in [4.69, 9.17) is 9.47 Å². The highest BCUT2D eigenvalue weighted by atomic mass is 16.5. The third-order valence-electron chi connectivity index (χ3n) is 3.03. The van der Waals surface area contributed by atoms with E-state index in [-0.39, 0.29) is 0 Å². The standard InChI is InChI=1S/C19H26N2O2/c1-5-11-18(23-15-19(20-4)21-7-3)16(6-2)14-22-17-12-9-8-10-13-17/h5-6,8-13H,2,7,14-15H2,1,3-4H3,(H,20,21)/b11-5-,18-16-. The average Bonchev–Trinajstić information content (AvgIpc) is 2.59. The van der Waals surface area contributed by atoms with Crippen LogP contribution in [0.2, 0.25) is 0 Å². The Kier molecular flexibility index (Phi) is 8.98. The highest BCUT2D eigenvalue weighted by molar-refractivity contribution is 5.83. The third-order valence-corrected chi connectivity index (χ3v) is 3.03. The number of rotatable bonds is 9. The fourth-order valence-corrected chi connectivity index (χ4v) is 1.85. The van der Waals surface area contributed by atoms with Gasteiger partial charge >= 0.3 is 0 Å². The van der Waals surface area contributed by atoms with E-state index in [0.717, 1.165) is 29.5 Å². The molecule has 0 radical (unpaired) electrons. The molecule has 0 atom stereocenters. The van der Waals surface area contributed by atoms with Crippen molar-refractivity contribution < 1.29 is 9.47 Å². The van der Waals surface area contributed by atoms with Gasteiger partial charge in [-0.05, 0) is 32.1 Å². The molecule has 0 bridgehead atoms. The number of likely N-dealkylation sites (N-methyl/N-ethyl adjacent to an activating group) is 1. The first-order chi connectivity index (χ1) is 11.2. The van der Waals surface area contributed by atoms with Gasteiger partial charge in [-0.2, -0.15) is 0 Å². The lowest BCUT2D eigenvalue weighted by atomic mass is 10.2. The Morgan fingerprint density at radius 1 is 1.26 bits per heavy atom. The second-order valence-corrected chi connectivity index (χ2v) is 4.68. The molecule has 0 aliphatic carbocycles. The maximum absolute atomic E-state index is 5.88. The molecule has 0 aliphatic heterocycles. The van der Waals surface area contributed by atoms with E-state index in [9.17, 15) is 0 Å². The van der Waals surface area contributed by atoms with Crippen molar-refractivity contribution in [3.05, 3.63) is 66.5 Å². The first-order valence-corrected chi connectivity index (χ1v) is 7.73. The molecule has 1 rings (SSSR count). The molecule has 0 aliphatic rings. The monoisotopic (exact) mass is 314 g/mol. The lowest BCUT2D eigenvalue weighted by molar-refractivity contribution is 0.259. The zero-order valence-corrected chi connectivity index (χ0v) is 14.2. The number of ether oxygens (including phenoxy) is 2. The first kappa shape index (κ1) is 18.6. The van der Waals surface area contributed by atoms with Crippen LogP contribution in [0.1, 0.15) is 13.8 Å². The van der Waals surface area contributed by atoms with Gasteiger partial charge in [0.2, 0.25) is 0 Å². The molecule has 0 fully saturated rings. The number of hydrogen-bond donors (Lipinski definition) is 1. The predicted molar refractivity (Wildman–Crippen MR) is 97.0 cm³/mol. The summed E-state index contributed by atoms with van der Waals surface area (Å²) in [6.45, 7) is 9.42. The summed E-state index contributed by atoms with van der Waals surface area (Å²) in [4.78, 5) is 4.17. The first-order valence-electron chi connectivity index (χ1n) is 7.73. The van der Waals surface area contributed by atoms with Crippen molar-refractivity contribution >= 4 is 5.84 Å². The van der Waals surface area contributed by atoms with Gasteiger partial charge in [0.1, 0.15) is 30.6 Å². The molecule has 0 heterocycles. The van der Waals surface area contributed by atoms with Crippen molar-refractivity contribution in [1.82, 2.24) is 5.32 Å². The van der Waals surface area contributed by atoms with E-state index in [0.29, 0.717) is 13.2 Å².